The fourth-order valence-electron chi connectivity index (χ4n) is 7.81. The van der Waals surface area contributed by atoms with Crippen LogP contribution in [0.3, 0.4) is 0 Å². The van der Waals surface area contributed by atoms with Gasteiger partial charge in [0.15, 0.2) is 5.82 Å². The second kappa shape index (κ2) is 12.4. The van der Waals surface area contributed by atoms with Crippen LogP contribution in [0, 0.1) is 17.2 Å². The first kappa shape index (κ1) is 31.5. The number of carbonyl (C=O) groups is 1. The highest BCUT2D eigenvalue weighted by Crippen LogP contribution is 2.50. The molecule has 3 aliphatic rings. The van der Waals surface area contributed by atoms with Crippen molar-refractivity contribution in [1.29, 1.82) is 5.26 Å². The first-order valence-corrected chi connectivity index (χ1v) is 16.4. The molecule has 6 rings (SSSR count). The summed E-state index contributed by atoms with van der Waals surface area (Å²) in [7, 11) is 0. The lowest BCUT2D eigenvalue weighted by atomic mass is 9.65. The Morgan fingerprint density at radius 1 is 1.07 bits per heavy atom. The van der Waals surface area contributed by atoms with Crippen molar-refractivity contribution >= 4 is 11.6 Å². The van der Waals surface area contributed by atoms with Crippen LogP contribution in [0.25, 0.3) is 5.70 Å². The van der Waals surface area contributed by atoms with Crippen LogP contribution in [0.4, 0.5) is 0 Å². The summed E-state index contributed by atoms with van der Waals surface area (Å²) in [6.45, 7) is 19.0. The molecule has 1 amide bonds. The highest BCUT2D eigenvalue weighted by molar-refractivity contribution is 5.94. The zero-order valence-electron chi connectivity index (χ0n) is 27.4. The number of fused-ring (bicyclic) bond motifs is 3. The van der Waals surface area contributed by atoms with Crippen molar-refractivity contribution < 1.29 is 4.79 Å². The monoisotopic (exact) mass is 619 g/mol. The molecular formula is C36H45N9O. The van der Waals surface area contributed by atoms with Crippen molar-refractivity contribution in [3.05, 3.63) is 94.5 Å². The topological polar surface area (TPSA) is 135 Å². The highest BCUT2D eigenvalue weighted by atomic mass is 16.1. The number of aryl methyl sites for hydroxylation is 2. The van der Waals surface area contributed by atoms with Crippen LogP contribution in [0.2, 0.25) is 0 Å². The Labute approximate surface area is 271 Å². The first-order valence-electron chi connectivity index (χ1n) is 16.4. The van der Waals surface area contributed by atoms with Crippen LogP contribution in [-0.4, -0.2) is 68.7 Å². The smallest absolute Gasteiger partial charge is 0.251 e. The van der Waals surface area contributed by atoms with Gasteiger partial charge < -0.3 is 20.9 Å². The molecule has 1 aromatic heterocycles. The molecule has 10 nitrogen and oxygen atoms in total. The third-order valence-electron chi connectivity index (χ3n) is 9.98. The molecule has 3 unspecified atom stereocenters. The van der Waals surface area contributed by atoms with Gasteiger partial charge in [0.2, 0.25) is 0 Å². The van der Waals surface area contributed by atoms with Crippen molar-refractivity contribution in [1.82, 2.24) is 41.5 Å². The van der Waals surface area contributed by atoms with E-state index in [1.165, 1.54) is 5.56 Å². The Morgan fingerprint density at radius 3 is 2.37 bits per heavy atom. The van der Waals surface area contributed by atoms with E-state index in [1.54, 1.807) is 0 Å². The van der Waals surface area contributed by atoms with Gasteiger partial charge in [-0.25, -0.2) is 5.10 Å². The summed E-state index contributed by atoms with van der Waals surface area (Å²) in [4.78, 5) is 15.2. The lowest BCUT2D eigenvalue weighted by molar-refractivity contribution is 0.0955. The molecule has 2 aliphatic carbocycles. The second-order valence-corrected chi connectivity index (χ2v) is 13.6. The first-order chi connectivity index (χ1) is 22.1. The van der Waals surface area contributed by atoms with Crippen molar-refractivity contribution in [2.75, 3.05) is 19.6 Å². The molecule has 2 fully saturated rings. The lowest BCUT2D eigenvalue weighted by Crippen LogP contribution is -2.49. The molecule has 10 heteroatoms. The summed E-state index contributed by atoms with van der Waals surface area (Å²) in [5.74, 6) is 1.19. The Kier molecular flexibility index (Phi) is 8.47. The van der Waals surface area contributed by atoms with Gasteiger partial charge >= 0.3 is 0 Å². The van der Waals surface area contributed by atoms with Gasteiger partial charge in [-0.3, -0.25) is 4.79 Å². The molecule has 4 atom stereocenters. The summed E-state index contributed by atoms with van der Waals surface area (Å²) in [6.07, 6.45) is 4.24. The third kappa shape index (κ3) is 5.69. The van der Waals surface area contributed by atoms with Crippen molar-refractivity contribution in [3.8, 4) is 6.07 Å². The van der Waals surface area contributed by atoms with Gasteiger partial charge in [-0.1, -0.05) is 31.4 Å². The van der Waals surface area contributed by atoms with Gasteiger partial charge in [-0.05, 0) is 122 Å². The summed E-state index contributed by atoms with van der Waals surface area (Å²) in [5, 5.41) is 35.8. The van der Waals surface area contributed by atoms with E-state index in [0.717, 1.165) is 65.9 Å². The Hall–Kier alpha value is -4.49. The summed E-state index contributed by atoms with van der Waals surface area (Å²) in [5.41, 5.74) is 6.83. The van der Waals surface area contributed by atoms with Crippen LogP contribution in [0.5, 0.6) is 0 Å². The zero-order chi connectivity index (χ0) is 32.6. The lowest BCUT2D eigenvalue weighted by Gasteiger charge is -2.41. The summed E-state index contributed by atoms with van der Waals surface area (Å²) >= 11 is 0. The van der Waals surface area contributed by atoms with Crippen LogP contribution in [0.1, 0.15) is 91.0 Å². The van der Waals surface area contributed by atoms with Crippen molar-refractivity contribution in [3.63, 3.8) is 0 Å². The van der Waals surface area contributed by atoms with Gasteiger partial charge in [0.05, 0.1) is 11.5 Å². The number of hydrogen-bond acceptors (Lipinski definition) is 8. The zero-order valence-corrected chi connectivity index (χ0v) is 27.4. The highest BCUT2D eigenvalue weighted by Gasteiger charge is 2.53. The molecule has 3 aromatic rings. The standard InChI is InChI=1S/C36H45N9O/c1-7-38-23(4)24-11-13-30-25(15-24)9-10-26-16-27(33(46)39-8-2)12-14-31(26)36(30,34-41-43-44-42-34)21-35(5,6)40-20-22(3)45-29(19-37)17-28-18-32(28)45/h11-16,28-29,32,38,40H,3-4,7-10,17-18,20-21H2,1-2,5-6H3,(H,39,46)(H,41,42,43,44)/t28-,29?,32?,36?/m1/s1. The predicted molar refractivity (Wildman–Crippen MR) is 179 cm³/mol. The normalized spacial score (nSPS) is 22.9. The summed E-state index contributed by atoms with van der Waals surface area (Å²) < 4.78 is 0. The number of hydrogen-bond donors (Lipinski definition) is 4. The van der Waals surface area contributed by atoms with Gasteiger partial charge in [0.1, 0.15) is 6.04 Å². The molecule has 1 saturated carbocycles. The average molecular weight is 620 g/mol. The van der Waals surface area contributed by atoms with Crippen LogP contribution in [0.15, 0.2) is 55.3 Å². The van der Waals surface area contributed by atoms with E-state index in [4.69, 9.17) is 0 Å². The second-order valence-electron chi connectivity index (χ2n) is 13.6. The number of aromatic amines is 1. The number of amides is 1. The maximum atomic E-state index is 13.0. The fourth-order valence-corrected chi connectivity index (χ4v) is 7.81. The van der Waals surface area contributed by atoms with E-state index >= 15 is 0 Å². The van der Waals surface area contributed by atoms with E-state index < -0.39 is 11.0 Å². The molecule has 2 aromatic carbocycles. The van der Waals surface area contributed by atoms with Crippen molar-refractivity contribution in [2.24, 2.45) is 5.92 Å². The van der Waals surface area contributed by atoms with E-state index in [9.17, 15) is 10.1 Å². The molecule has 2 heterocycles. The molecule has 0 radical (unpaired) electrons. The molecule has 4 N–H and O–H groups in total. The number of aromatic nitrogens is 4. The number of nitrogens with one attached hydrogen (secondary N) is 4. The van der Waals surface area contributed by atoms with Gasteiger partial charge in [-0.2, -0.15) is 5.26 Å². The van der Waals surface area contributed by atoms with E-state index in [1.807, 2.05) is 19.1 Å². The molecule has 0 bridgehead atoms. The third-order valence-corrected chi connectivity index (χ3v) is 9.98. The number of nitriles is 1. The molecule has 46 heavy (non-hydrogen) atoms. The van der Waals surface area contributed by atoms with Gasteiger partial charge in [0, 0.05) is 48.2 Å². The molecule has 0 spiro atoms. The number of tetrazole rings is 1. The largest absolute Gasteiger partial charge is 0.385 e. The predicted octanol–water partition coefficient (Wildman–Crippen LogP) is 4.22. The van der Waals surface area contributed by atoms with Crippen LogP contribution < -0.4 is 16.0 Å². The molecular weight excluding hydrogens is 574 g/mol. The fraction of sp³-hybridized carbons (Fsp3) is 0.472. The minimum atomic E-state index is -0.759. The van der Waals surface area contributed by atoms with E-state index in [0.29, 0.717) is 42.9 Å². The number of benzene rings is 2. The quantitative estimate of drug-likeness (QED) is 0.237. The SMILES string of the molecule is C=C(NCC)c1ccc2c(c1)CCc1cc(C(=O)NCC)ccc1C2(CC(C)(C)NCC(=C)N1C(C#N)C[C@@H]2CC21)c1nnn[nH]1. The van der Waals surface area contributed by atoms with Crippen LogP contribution in [-0.2, 0) is 18.3 Å². The Balaban J connectivity index is 1.43. The minimum absolute atomic E-state index is 0.0841. The van der Waals surface area contributed by atoms with E-state index in [2.05, 4.69) is 106 Å². The number of H-pyrrole nitrogens is 1. The van der Waals surface area contributed by atoms with Crippen molar-refractivity contribution in [2.45, 2.75) is 82.8 Å². The number of likely N-dealkylation sites (tertiary alicyclic amines) is 1. The number of piperidine rings is 1. The Morgan fingerprint density at radius 2 is 1.74 bits per heavy atom. The van der Waals surface area contributed by atoms with Gasteiger partial charge in [0.25, 0.3) is 5.91 Å². The average Bonchev–Trinajstić information content (AvgIpc) is 3.42. The molecule has 240 valence electrons. The number of rotatable bonds is 12. The summed E-state index contributed by atoms with van der Waals surface area (Å²) in [6, 6.07) is 15.4. The molecule has 1 saturated heterocycles. The Bertz CT molecular complexity index is 1620. The van der Waals surface area contributed by atoms with Gasteiger partial charge in [-0.15, -0.1) is 5.10 Å². The minimum Gasteiger partial charge on any atom is -0.385 e. The number of carbonyl (C=O) groups excluding carboxylic acids is 1. The number of nitrogens with zero attached hydrogens (tertiary/aromatic N) is 5. The van der Waals surface area contributed by atoms with Crippen LogP contribution >= 0.6 is 0 Å². The molecule has 1 aliphatic heterocycles. The maximum Gasteiger partial charge on any atom is 0.251 e. The maximum absolute atomic E-state index is 13.0. The van der Waals surface area contributed by atoms with E-state index in [-0.39, 0.29) is 11.9 Å².